The largest absolute Gasteiger partial charge is 0.444 e. The smallest absolute Gasteiger partial charge is 0.410 e. The molecule has 0 aromatic heterocycles. The normalized spacial score (nSPS) is 19.5. The predicted octanol–water partition coefficient (Wildman–Crippen LogP) is 1.84. The molecule has 2 aliphatic rings. The molecule has 0 aromatic rings. The van der Waals surface area contributed by atoms with Crippen LogP contribution < -0.4 is 5.32 Å². The molecule has 2 rings (SSSR count). The summed E-state index contributed by atoms with van der Waals surface area (Å²) in [4.78, 5) is 42.1. The van der Waals surface area contributed by atoms with Crippen LogP contribution in [0.1, 0.15) is 59.3 Å². The Labute approximate surface area is 174 Å². The van der Waals surface area contributed by atoms with Gasteiger partial charge in [0.25, 0.3) is 0 Å². The first-order valence-electron chi connectivity index (χ1n) is 11.0. The van der Waals surface area contributed by atoms with Gasteiger partial charge in [0, 0.05) is 45.7 Å². The quantitative estimate of drug-likeness (QED) is 0.676. The Hall–Kier alpha value is -1.83. The fourth-order valence-corrected chi connectivity index (χ4v) is 3.62. The van der Waals surface area contributed by atoms with Crippen LogP contribution in [0.15, 0.2) is 0 Å². The van der Waals surface area contributed by atoms with E-state index >= 15 is 0 Å². The minimum atomic E-state index is -0.469. The van der Waals surface area contributed by atoms with Crippen LogP contribution in [0.25, 0.3) is 0 Å². The van der Waals surface area contributed by atoms with Gasteiger partial charge in [-0.15, -0.1) is 0 Å². The number of amides is 3. The van der Waals surface area contributed by atoms with Crippen LogP contribution in [0.5, 0.6) is 0 Å². The van der Waals surface area contributed by atoms with Crippen LogP contribution in [-0.2, 0) is 14.3 Å². The van der Waals surface area contributed by atoms with Crippen LogP contribution in [0, 0.1) is 0 Å². The minimum Gasteiger partial charge on any atom is -0.444 e. The summed E-state index contributed by atoms with van der Waals surface area (Å²) >= 11 is 0. The molecule has 0 aromatic carbocycles. The Kier molecular flexibility index (Phi) is 9.20. The van der Waals surface area contributed by atoms with Gasteiger partial charge in [-0.2, -0.15) is 0 Å². The SMILES string of the molecule is CC(C)(C)OC(=O)N1CCN(CCCNC(=O)CN2CCCCCCC2=O)CC1. The molecule has 0 radical (unpaired) electrons. The lowest BCUT2D eigenvalue weighted by Crippen LogP contribution is -2.50. The maximum atomic E-state index is 12.2. The molecule has 166 valence electrons. The zero-order chi connectivity index (χ0) is 21.3. The number of hydrogen-bond acceptors (Lipinski definition) is 5. The van der Waals surface area contributed by atoms with Crippen molar-refractivity contribution >= 4 is 17.9 Å². The summed E-state index contributed by atoms with van der Waals surface area (Å²) in [5.41, 5.74) is -0.469. The van der Waals surface area contributed by atoms with Gasteiger partial charge in [0.05, 0.1) is 6.54 Å². The highest BCUT2D eigenvalue weighted by Gasteiger charge is 2.25. The van der Waals surface area contributed by atoms with Gasteiger partial charge in [-0.3, -0.25) is 14.5 Å². The molecule has 8 nitrogen and oxygen atoms in total. The predicted molar refractivity (Wildman–Crippen MR) is 112 cm³/mol. The molecule has 2 fully saturated rings. The van der Waals surface area contributed by atoms with Crippen molar-refractivity contribution in [3.63, 3.8) is 0 Å². The molecule has 2 heterocycles. The van der Waals surface area contributed by atoms with Gasteiger partial charge in [-0.1, -0.05) is 12.8 Å². The highest BCUT2D eigenvalue weighted by molar-refractivity contribution is 5.84. The Morgan fingerprint density at radius 2 is 1.69 bits per heavy atom. The van der Waals surface area contributed by atoms with Crippen molar-refractivity contribution in [1.82, 2.24) is 20.0 Å². The number of nitrogens with one attached hydrogen (secondary N) is 1. The molecule has 0 spiro atoms. The second-order valence-corrected chi connectivity index (χ2v) is 8.99. The molecular formula is C21H38N4O4. The van der Waals surface area contributed by atoms with Gasteiger partial charge < -0.3 is 19.9 Å². The van der Waals surface area contributed by atoms with E-state index in [-0.39, 0.29) is 24.5 Å². The number of carbonyl (C=O) groups excluding carboxylic acids is 3. The molecule has 3 amide bonds. The first-order valence-corrected chi connectivity index (χ1v) is 11.0. The lowest BCUT2D eigenvalue weighted by molar-refractivity contribution is -0.136. The Balaban J connectivity index is 1.58. The third-order valence-corrected chi connectivity index (χ3v) is 5.25. The number of piperazine rings is 1. The van der Waals surface area contributed by atoms with E-state index in [4.69, 9.17) is 4.74 Å². The van der Waals surface area contributed by atoms with Crippen LogP contribution in [-0.4, -0.2) is 90.6 Å². The standard InChI is InChI=1S/C21H38N4O4/c1-21(2,3)29-20(28)24-15-13-23(14-16-24)11-8-10-22-18(26)17-25-12-7-5-4-6-9-19(25)27/h4-17H2,1-3H3,(H,22,26). The zero-order valence-corrected chi connectivity index (χ0v) is 18.4. The lowest BCUT2D eigenvalue weighted by atomic mass is 10.1. The molecule has 2 aliphatic heterocycles. The number of nitrogens with zero attached hydrogens (tertiary/aromatic N) is 3. The van der Waals surface area contributed by atoms with Crippen LogP contribution in [0.3, 0.4) is 0 Å². The molecule has 0 unspecified atom stereocenters. The average Bonchev–Trinajstić information content (AvgIpc) is 2.64. The fraction of sp³-hybridized carbons (Fsp3) is 0.857. The van der Waals surface area contributed by atoms with Gasteiger partial charge >= 0.3 is 6.09 Å². The van der Waals surface area contributed by atoms with Crippen molar-refractivity contribution in [1.29, 1.82) is 0 Å². The van der Waals surface area contributed by atoms with Gasteiger partial charge in [0.1, 0.15) is 5.60 Å². The fourth-order valence-electron chi connectivity index (χ4n) is 3.62. The maximum absolute atomic E-state index is 12.2. The van der Waals surface area contributed by atoms with E-state index in [0.717, 1.165) is 51.7 Å². The molecule has 0 saturated carbocycles. The van der Waals surface area contributed by atoms with Crippen molar-refractivity contribution in [2.75, 3.05) is 52.4 Å². The number of hydrogen-bond donors (Lipinski definition) is 1. The molecule has 1 N–H and O–H groups in total. The molecular weight excluding hydrogens is 372 g/mol. The molecule has 2 saturated heterocycles. The van der Waals surface area contributed by atoms with E-state index in [1.165, 1.54) is 0 Å². The van der Waals surface area contributed by atoms with Crippen molar-refractivity contribution < 1.29 is 19.1 Å². The van der Waals surface area contributed by atoms with Crippen molar-refractivity contribution in [2.45, 2.75) is 64.9 Å². The summed E-state index contributed by atoms with van der Waals surface area (Å²) in [6.45, 7) is 10.9. The second kappa shape index (κ2) is 11.4. The Bertz CT molecular complexity index is 553. The summed E-state index contributed by atoms with van der Waals surface area (Å²) in [7, 11) is 0. The molecule has 8 heteroatoms. The van der Waals surface area contributed by atoms with Crippen LogP contribution in [0.2, 0.25) is 0 Å². The summed E-state index contributed by atoms with van der Waals surface area (Å²) < 4.78 is 5.41. The monoisotopic (exact) mass is 410 g/mol. The van der Waals surface area contributed by atoms with Gasteiger partial charge in [-0.05, 0) is 46.6 Å². The number of rotatable bonds is 6. The average molecular weight is 411 g/mol. The van der Waals surface area contributed by atoms with E-state index in [2.05, 4.69) is 10.2 Å². The summed E-state index contributed by atoms with van der Waals surface area (Å²) in [5.74, 6) is 0.0244. The van der Waals surface area contributed by atoms with E-state index < -0.39 is 5.60 Å². The van der Waals surface area contributed by atoms with Crippen LogP contribution >= 0.6 is 0 Å². The third-order valence-electron chi connectivity index (χ3n) is 5.25. The minimum absolute atomic E-state index is 0.0753. The number of ether oxygens (including phenoxy) is 1. The van der Waals surface area contributed by atoms with Crippen molar-refractivity contribution in [3.8, 4) is 0 Å². The molecule has 0 aliphatic carbocycles. The van der Waals surface area contributed by atoms with Gasteiger partial charge in [-0.25, -0.2) is 4.79 Å². The third kappa shape index (κ3) is 9.02. The first kappa shape index (κ1) is 23.4. The van der Waals surface area contributed by atoms with Gasteiger partial charge in [0.15, 0.2) is 0 Å². The van der Waals surface area contributed by atoms with E-state index in [1.807, 2.05) is 20.8 Å². The Morgan fingerprint density at radius 3 is 2.38 bits per heavy atom. The molecule has 0 bridgehead atoms. The van der Waals surface area contributed by atoms with Crippen molar-refractivity contribution in [3.05, 3.63) is 0 Å². The summed E-state index contributed by atoms with van der Waals surface area (Å²) in [5, 5.41) is 2.93. The second-order valence-electron chi connectivity index (χ2n) is 8.99. The number of likely N-dealkylation sites (tertiary alicyclic amines) is 1. The summed E-state index contributed by atoms with van der Waals surface area (Å²) in [6, 6.07) is 0. The highest BCUT2D eigenvalue weighted by Crippen LogP contribution is 2.12. The van der Waals surface area contributed by atoms with Crippen LogP contribution in [0.4, 0.5) is 4.79 Å². The number of carbonyl (C=O) groups is 3. The molecule has 0 atom stereocenters. The van der Waals surface area contributed by atoms with E-state index in [9.17, 15) is 14.4 Å². The topological polar surface area (TPSA) is 82.2 Å². The zero-order valence-electron chi connectivity index (χ0n) is 18.4. The van der Waals surface area contributed by atoms with E-state index in [1.54, 1.807) is 9.80 Å². The Morgan fingerprint density at radius 1 is 1.00 bits per heavy atom. The maximum Gasteiger partial charge on any atom is 0.410 e. The molecule has 29 heavy (non-hydrogen) atoms. The summed E-state index contributed by atoms with van der Waals surface area (Å²) in [6.07, 6.45) is 5.31. The van der Waals surface area contributed by atoms with Gasteiger partial charge in [0.2, 0.25) is 11.8 Å². The van der Waals surface area contributed by atoms with Crippen molar-refractivity contribution in [2.24, 2.45) is 0 Å². The van der Waals surface area contributed by atoms with E-state index in [0.29, 0.717) is 32.6 Å². The highest BCUT2D eigenvalue weighted by atomic mass is 16.6. The lowest BCUT2D eigenvalue weighted by Gasteiger charge is -2.35. The first-order chi connectivity index (χ1) is 13.7.